The first-order chi connectivity index (χ1) is 10.7. The number of thiazole rings is 1. The number of hydrogen-bond acceptors (Lipinski definition) is 6. The third-order valence-electron chi connectivity index (χ3n) is 3.51. The fourth-order valence-corrected chi connectivity index (χ4v) is 3.01. The van der Waals surface area contributed by atoms with Gasteiger partial charge < -0.3 is 14.6 Å². The highest BCUT2D eigenvalue weighted by Gasteiger charge is 2.24. The third kappa shape index (κ3) is 3.58. The summed E-state index contributed by atoms with van der Waals surface area (Å²) in [5, 5.41) is 1.75. The van der Waals surface area contributed by atoms with Crippen LogP contribution in [-0.2, 0) is 11.2 Å². The molecule has 1 unspecified atom stereocenters. The zero-order valence-corrected chi connectivity index (χ0v) is 12.7. The number of aromatic amines is 1. The fraction of sp³-hybridized carbons (Fsp3) is 0.429. The summed E-state index contributed by atoms with van der Waals surface area (Å²) in [6.07, 6.45) is 2.00. The van der Waals surface area contributed by atoms with Gasteiger partial charge in [-0.05, 0) is 6.42 Å². The van der Waals surface area contributed by atoms with E-state index in [2.05, 4.69) is 15.0 Å². The standard InChI is InChI=1S/C14H16N4O3S/c19-13-4-11(15-8-16-13)3-10-5-18(1-2-21-6-10)14(20)12-7-22-9-17-12/h4,7-10H,1-3,5-6H2,(H,15,16,19). The maximum Gasteiger partial charge on any atom is 0.273 e. The van der Waals surface area contributed by atoms with Crippen molar-refractivity contribution in [3.05, 3.63) is 45.0 Å². The molecule has 2 aromatic heterocycles. The summed E-state index contributed by atoms with van der Waals surface area (Å²) in [6, 6.07) is 1.48. The number of H-pyrrole nitrogens is 1. The summed E-state index contributed by atoms with van der Waals surface area (Å²) in [4.78, 5) is 36.2. The van der Waals surface area contributed by atoms with Crippen molar-refractivity contribution in [2.24, 2.45) is 5.92 Å². The Morgan fingerprint density at radius 2 is 2.41 bits per heavy atom. The monoisotopic (exact) mass is 320 g/mol. The molecular formula is C14H16N4O3S. The van der Waals surface area contributed by atoms with Crippen molar-refractivity contribution in [3.63, 3.8) is 0 Å². The molecule has 1 aliphatic heterocycles. The molecule has 116 valence electrons. The minimum atomic E-state index is -0.171. The lowest BCUT2D eigenvalue weighted by atomic mass is 10.0. The van der Waals surface area contributed by atoms with Crippen molar-refractivity contribution in [1.29, 1.82) is 0 Å². The molecule has 3 rings (SSSR count). The highest BCUT2D eigenvalue weighted by Crippen LogP contribution is 2.14. The van der Waals surface area contributed by atoms with Gasteiger partial charge in [0.25, 0.3) is 11.5 Å². The molecule has 22 heavy (non-hydrogen) atoms. The molecule has 1 atom stereocenters. The van der Waals surface area contributed by atoms with Gasteiger partial charge in [-0.3, -0.25) is 9.59 Å². The Balaban J connectivity index is 1.70. The maximum absolute atomic E-state index is 12.4. The molecule has 8 heteroatoms. The van der Waals surface area contributed by atoms with E-state index < -0.39 is 0 Å². The van der Waals surface area contributed by atoms with Crippen LogP contribution in [0.15, 0.2) is 28.1 Å². The van der Waals surface area contributed by atoms with Crippen molar-refractivity contribution in [2.75, 3.05) is 26.3 Å². The Kier molecular flexibility index (Phi) is 4.59. The zero-order chi connectivity index (χ0) is 15.4. The summed E-state index contributed by atoms with van der Waals surface area (Å²) >= 11 is 1.40. The first-order valence-electron chi connectivity index (χ1n) is 7.01. The van der Waals surface area contributed by atoms with E-state index in [0.29, 0.717) is 44.1 Å². The van der Waals surface area contributed by atoms with Crippen LogP contribution >= 0.6 is 11.3 Å². The number of nitrogens with zero attached hydrogens (tertiary/aromatic N) is 3. The van der Waals surface area contributed by atoms with E-state index in [4.69, 9.17) is 4.74 Å². The van der Waals surface area contributed by atoms with Gasteiger partial charge in [0.15, 0.2) is 0 Å². The minimum Gasteiger partial charge on any atom is -0.379 e. The number of hydrogen-bond donors (Lipinski definition) is 1. The second-order valence-corrected chi connectivity index (χ2v) is 5.89. The molecule has 0 aliphatic carbocycles. The molecule has 0 bridgehead atoms. The lowest BCUT2D eigenvalue weighted by Gasteiger charge is -2.22. The predicted octanol–water partition coefficient (Wildman–Crippen LogP) is 0.558. The Morgan fingerprint density at radius 3 is 3.18 bits per heavy atom. The topological polar surface area (TPSA) is 88.2 Å². The van der Waals surface area contributed by atoms with Gasteiger partial charge in [-0.1, -0.05) is 0 Å². The average molecular weight is 320 g/mol. The highest BCUT2D eigenvalue weighted by atomic mass is 32.1. The van der Waals surface area contributed by atoms with Gasteiger partial charge in [0.2, 0.25) is 0 Å². The smallest absolute Gasteiger partial charge is 0.273 e. The van der Waals surface area contributed by atoms with Gasteiger partial charge in [0.05, 0.1) is 25.1 Å². The van der Waals surface area contributed by atoms with E-state index in [1.54, 1.807) is 15.8 Å². The quantitative estimate of drug-likeness (QED) is 0.892. The normalized spacial score (nSPS) is 18.9. The molecule has 0 radical (unpaired) electrons. The van der Waals surface area contributed by atoms with E-state index in [0.717, 1.165) is 0 Å². The fourth-order valence-electron chi connectivity index (χ4n) is 2.48. The number of amides is 1. The second kappa shape index (κ2) is 6.80. The van der Waals surface area contributed by atoms with Crippen molar-refractivity contribution in [2.45, 2.75) is 6.42 Å². The summed E-state index contributed by atoms with van der Waals surface area (Å²) < 4.78 is 5.58. The Labute approximate surface area is 131 Å². The maximum atomic E-state index is 12.4. The van der Waals surface area contributed by atoms with E-state index in [9.17, 15) is 9.59 Å². The van der Waals surface area contributed by atoms with E-state index >= 15 is 0 Å². The first kappa shape index (κ1) is 14.9. The molecule has 0 saturated carbocycles. The van der Waals surface area contributed by atoms with Crippen LogP contribution in [-0.4, -0.2) is 52.1 Å². The molecule has 1 aliphatic rings. The van der Waals surface area contributed by atoms with Crippen LogP contribution in [0.5, 0.6) is 0 Å². The number of carbonyl (C=O) groups is 1. The number of ether oxygens (including phenoxy) is 1. The number of aromatic nitrogens is 3. The predicted molar refractivity (Wildman–Crippen MR) is 80.9 cm³/mol. The lowest BCUT2D eigenvalue weighted by Crippen LogP contribution is -2.36. The van der Waals surface area contributed by atoms with Crippen LogP contribution < -0.4 is 5.56 Å². The molecule has 2 aromatic rings. The Bertz CT molecular complexity index is 685. The van der Waals surface area contributed by atoms with Crippen LogP contribution in [0.3, 0.4) is 0 Å². The van der Waals surface area contributed by atoms with E-state index in [1.807, 2.05) is 0 Å². The number of carbonyl (C=O) groups excluding carboxylic acids is 1. The first-order valence-corrected chi connectivity index (χ1v) is 7.95. The van der Waals surface area contributed by atoms with Crippen LogP contribution in [0, 0.1) is 5.92 Å². The van der Waals surface area contributed by atoms with Gasteiger partial charge in [0, 0.05) is 36.1 Å². The third-order valence-corrected chi connectivity index (χ3v) is 4.10. The Morgan fingerprint density at radius 1 is 1.50 bits per heavy atom. The average Bonchev–Trinajstić information content (AvgIpc) is 2.94. The summed E-state index contributed by atoms with van der Waals surface area (Å²) in [7, 11) is 0. The summed E-state index contributed by atoms with van der Waals surface area (Å²) in [6.45, 7) is 2.19. The molecule has 1 amide bonds. The molecule has 1 N–H and O–H groups in total. The lowest BCUT2D eigenvalue weighted by molar-refractivity contribution is 0.0732. The SMILES string of the molecule is O=C(c1cscn1)N1CCOCC(Cc2cc(=O)[nH]cn2)C1. The van der Waals surface area contributed by atoms with Gasteiger partial charge in [-0.15, -0.1) is 11.3 Å². The molecular weight excluding hydrogens is 304 g/mol. The summed E-state index contributed by atoms with van der Waals surface area (Å²) in [5.74, 6) is 0.0370. The minimum absolute atomic E-state index is 0.0735. The van der Waals surface area contributed by atoms with E-state index in [-0.39, 0.29) is 17.4 Å². The Hall–Kier alpha value is -2.06. The second-order valence-electron chi connectivity index (χ2n) is 5.17. The highest BCUT2D eigenvalue weighted by molar-refractivity contribution is 7.07. The molecule has 3 heterocycles. The van der Waals surface area contributed by atoms with E-state index in [1.165, 1.54) is 23.7 Å². The zero-order valence-electron chi connectivity index (χ0n) is 11.9. The molecule has 1 fully saturated rings. The van der Waals surface area contributed by atoms with Crippen molar-refractivity contribution < 1.29 is 9.53 Å². The molecule has 7 nitrogen and oxygen atoms in total. The number of rotatable bonds is 3. The largest absolute Gasteiger partial charge is 0.379 e. The van der Waals surface area contributed by atoms with Crippen LogP contribution in [0.1, 0.15) is 16.2 Å². The number of nitrogens with one attached hydrogen (secondary N) is 1. The van der Waals surface area contributed by atoms with Crippen molar-refractivity contribution >= 4 is 17.2 Å². The molecule has 0 aromatic carbocycles. The van der Waals surface area contributed by atoms with Gasteiger partial charge >= 0.3 is 0 Å². The molecule has 0 spiro atoms. The van der Waals surface area contributed by atoms with Crippen molar-refractivity contribution in [3.8, 4) is 0 Å². The van der Waals surface area contributed by atoms with Crippen LogP contribution in [0.25, 0.3) is 0 Å². The van der Waals surface area contributed by atoms with Crippen molar-refractivity contribution in [1.82, 2.24) is 19.9 Å². The van der Waals surface area contributed by atoms with Gasteiger partial charge in [-0.25, -0.2) is 9.97 Å². The molecule has 1 saturated heterocycles. The van der Waals surface area contributed by atoms with Gasteiger partial charge in [0.1, 0.15) is 5.69 Å². The summed E-state index contributed by atoms with van der Waals surface area (Å²) in [5.41, 5.74) is 2.66. The van der Waals surface area contributed by atoms with Gasteiger partial charge in [-0.2, -0.15) is 0 Å². The van der Waals surface area contributed by atoms with Crippen LogP contribution in [0.2, 0.25) is 0 Å². The van der Waals surface area contributed by atoms with Crippen LogP contribution in [0.4, 0.5) is 0 Å².